The molecule has 0 bridgehead atoms. The largest absolute Gasteiger partial charge is 0.341 e. The Morgan fingerprint density at radius 3 is 2.54 bits per heavy atom. The monoisotopic (exact) mass is 335 g/mol. The van der Waals surface area contributed by atoms with Crippen LogP contribution in [0.4, 0.5) is 14.7 Å². The fourth-order valence-electron chi connectivity index (χ4n) is 3.07. The molecule has 0 unspecified atom stereocenters. The molecule has 1 saturated heterocycles. The Hall–Kier alpha value is -2.05. The number of aryl methyl sites for hydroxylation is 1. The maximum absolute atomic E-state index is 13.3. The molecule has 3 rings (SSSR count). The lowest BCUT2D eigenvalue weighted by molar-refractivity contribution is 0.146. The van der Waals surface area contributed by atoms with Crippen molar-refractivity contribution in [1.29, 1.82) is 0 Å². The Kier molecular flexibility index (Phi) is 4.78. The number of piperidine rings is 1. The van der Waals surface area contributed by atoms with Gasteiger partial charge in [0.05, 0.1) is 11.9 Å². The number of aromatic nitrogens is 4. The van der Waals surface area contributed by atoms with Gasteiger partial charge in [0.2, 0.25) is 5.95 Å². The van der Waals surface area contributed by atoms with E-state index in [-0.39, 0.29) is 5.69 Å². The van der Waals surface area contributed by atoms with Crippen molar-refractivity contribution in [3.05, 3.63) is 23.7 Å². The summed E-state index contributed by atoms with van der Waals surface area (Å²) < 4.78 is 28.5. The summed E-state index contributed by atoms with van der Waals surface area (Å²) in [6.07, 6.45) is 1.14. The van der Waals surface area contributed by atoms with Crippen LogP contribution in [0.5, 0.6) is 0 Å². The van der Waals surface area contributed by atoms with E-state index in [4.69, 9.17) is 0 Å². The molecule has 2 aromatic rings. The first kappa shape index (κ1) is 16.8. The predicted octanol–water partition coefficient (Wildman–Crippen LogP) is 3.84. The number of halogens is 2. The molecular formula is C17H23F2N5. The topological polar surface area (TPSA) is 46.8 Å². The van der Waals surface area contributed by atoms with Crippen LogP contribution in [0.2, 0.25) is 0 Å². The van der Waals surface area contributed by atoms with Crippen LogP contribution in [0.25, 0.3) is 11.3 Å². The van der Waals surface area contributed by atoms with Gasteiger partial charge in [0.15, 0.2) is 0 Å². The molecule has 1 aliphatic rings. The molecule has 0 spiro atoms. The van der Waals surface area contributed by atoms with E-state index in [9.17, 15) is 8.78 Å². The third-order valence-corrected chi connectivity index (χ3v) is 4.70. The Morgan fingerprint density at radius 2 is 1.96 bits per heavy atom. The summed E-state index contributed by atoms with van der Waals surface area (Å²) in [4.78, 5) is 10.7. The molecule has 2 aromatic heterocycles. The van der Waals surface area contributed by atoms with Crippen LogP contribution in [-0.2, 0) is 6.54 Å². The minimum Gasteiger partial charge on any atom is -0.341 e. The normalized spacial score (nSPS) is 16.2. The van der Waals surface area contributed by atoms with Gasteiger partial charge in [-0.2, -0.15) is 5.10 Å². The van der Waals surface area contributed by atoms with E-state index in [1.807, 2.05) is 23.4 Å². The number of alkyl halides is 2. The standard InChI is InChI=1S/C17H23F2N5/c1-4-24-12(3)13(10-20-24)14-9-15(16(18)19)22-17(21-14)23-7-5-11(2)6-8-23/h9-11,16H,4-8H2,1-3H3. The van der Waals surface area contributed by atoms with Crippen molar-refractivity contribution in [3.8, 4) is 11.3 Å². The molecule has 0 N–H and O–H groups in total. The van der Waals surface area contributed by atoms with Crippen molar-refractivity contribution in [2.45, 2.75) is 46.6 Å². The Balaban J connectivity index is 2.01. The number of hydrogen-bond acceptors (Lipinski definition) is 4. The Morgan fingerprint density at radius 1 is 1.25 bits per heavy atom. The van der Waals surface area contributed by atoms with E-state index in [1.54, 1.807) is 6.20 Å². The lowest BCUT2D eigenvalue weighted by Crippen LogP contribution is -2.34. The second-order valence-electron chi connectivity index (χ2n) is 6.41. The van der Waals surface area contributed by atoms with Crippen molar-refractivity contribution >= 4 is 5.95 Å². The van der Waals surface area contributed by atoms with Gasteiger partial charge in [0, 0.05) is 30.9 Å². The van der Waals surface area contributed by atoms with Crippen molar-refractivity contribution in [2.24, 2.45) is 5.92 Å². The zero-order valence-electron chi connectivity index (χ0n) is 14.3. The second-order valence-corrected chi connectivity index (χ2v) is 6.41. The molecule has 130 valence electrons. The Bertz CT molecular complexity index is 705. The maximum atomic E-state index is 13.3. The van der Waals surface area contributed by atoms with E-state index in [1.165, 1.54) is 6.07 Å². The summed E-state index contributed by atoms with van der Waals surface area (Å²) in [6.45, 7) is 8.48. The number of hydrogen-bond donors (Lipinski definition) is 0. The third-order valence-electron chi connectivity index (χ3n) is 4.70. The van der Waals surface area contributed by atoms with E-state index in [0.29, 0.717) is 17.6 Å². The van der Waals surface area contributed by atoms with Crippen LogP contribution < -0.4 is 4.90 Å². The molecule has 0 aliphatic carbocycles. The van der Waals surface area contributed by atoms with Gasteiger partial charge < -0.3 is 4.90 Å². The maximum Gasteiger partial charge on any atom is 0.280 e. The highest BCUT2D eigenvalue weighted by atomic mass is 19.3. The molecular weight excluding hydrogens is 312 g/mol. The van der Waals surface area contributed by atoms with E-state index in [0.717, 1.165) is 43.7 Å². The summed E-state index contributed by atoms with van der Waals surface area (Å²) in [6, 6.07) is 1.38. The van der Waals surface area contributed by atoms with Crippen LogP contribution in [0.3, 0.4) is 0 Å². The van der Waals surface area contributed by atoms with Crippen LogP contribution in [0, 0.1) is 12.8 Å². The summed E-state index contributed by atoms with van der Waals surface area (Å²) in [5.74, 6) is 1.06. The van der Waals surface area contributed by atoms with Crippen LogP contribution in [-0.4, -0.2) is 32.8 Å². The highest BCUT2D eigenvalue weighted by molar-refractivity contribution is 5.63. The average molecular weight is 335 g/mol. The summed E-state index contributed by atoms with van der Waals surface area (Å²) in [5, 5.41) is 4.29. The first-order valence-corrected chi connectivity index (χ1v) is 8.44. The lowest BCUT2D eigenvalue weighted by atomic mass is 10.00. The molecule has 0 amide bonds. The van der Waals surface area contributed by atoms with E-state index in [2.05, 4.69) is 22.0 Å². The quantitative estimate of drug-likeness (QED) is 0.852. The Labute approximate surface area is 140 Å². The van der Waals surface area contributed by atoms with Crippen LogP contribution in [0.1, 0.15) is 44.5 Å². The SMILES string of the molecule is CCn1ncc(-c2cc(C(F)F)nc(N3CCC(C)CC3)n2)c1C. The molecule has 0 aromatic carbocycles. The molecule has 1 fully saturated rings. The minimum atomic E-state index is -2.62. The molecule has 0 saturated carbocycles. The fraction of sp³-hybridized carbons (Fsp3) is 0.588. The number of rotatable bonds is 4. The third kappa shape index (κ3) is 3.25. The highest BCUT2D eigenvalue weighted by Crippen LogP contribution is 2.29. The summed E-state index contributed by atoms with van der Waals surface area (Å²) in [5.41, 5.74) is 2.01. The van der Waals surface area contributed by atoms with Gasteiger partial charge in [-0.1, -0.05) is 6.92 Å². The van der Waals surface area contributed by atoms with Gasteiger partial charge in [0.1, 0.15) is 5.69 Å². The molecule has 7 heteroatoms. The highest BCUT2D eigenvalue weighted by Gasteiger charge is 2.22. The lowest BCUT2D eigenvalue weighted by Gasteiger charge is -2.30. The first-order chi connectivity index (χ1) is 11.5. The van der Waals surface area contributed by atoms with Crippen molar-refractivity contribution in [3.63, 3.8) is 0 Å². The van der Waals surface area contributed by atoms with E-state index >= 15 is 0 Å². The number of anilines is 1. The van der Waals surface area contributed by atoms with Crippen LogP contribution in [0.15, 0.2) is 12.3 Å². The summed E-state index contributed by atoms with van der Waals surface area (Å²) in [7, 11) is 0. The van der Waals surface area contributed by atoms with Crippen molar-refractivity contribution < 1.29 is 8.78 Å². The molecule has 0 atom stereocenters. The second kappa shape index (κ2) is 6.83. The first-order valence-electron chi connectivity index (χ1n) is 8.44. The zero-order valence-corrected chi connectivity index (χ0v) is 14.3. The molecule has 1 aliphatic heterocycles. The average Bonchev–Trinajstić information content (AvgIpc) is 2.95. The van der Waals surface area contributed by atoms with Gasteiger partial charge in [-0.05, 0) is 38.7 Å². The molecule has 24 heavy (non-hydrogen) atoms. The number of nitrogens with zero attached hydrogens (tertiary/aromatic N) is 5. The van der Waals surface area contributed by atoms with Gasteiger partial charge in [0.25, 0.3) is 6.43 Å². The molecule has 0 radical (unpaired) electrons. The van der Waals surface area contributed by atoms with E-state index < -0.39 is 6.43 Å². The fourth-order valence-corrected chi connectivity index (χ4v) is 3.07. The predicted molar refractivity (Wildman–Crippen MR) is 89.2 cm³/mol. The van der Waals surface area contributed by atoms with Gasteiger partial charge in [-0.15, -0.1) is 0 Å². The minimum absolute atomic E-state index is 0.225. The van der Waals surface area contributed by atoms with Gasteiger partial charge in [-0.25, -0.2) is 18.7 Å². The smallest absolute Gasteiger partial charge is 0.280 e. The van der Waals surface area contributed by atoms with Crippen molar-refractivity contribution in [1.82, 2.24) is 19.7 Å². The van der Waals surface area contributed by atoms with Crippen LogP contribution >= 0.6 is 0 Å². The zero-order chi connectivity index (χ0) is 17.3. The molecule has 3 heterocycles. The van der Waals surface area contributed by atoms with Gasteiger partial charge in [-0.3, -0.25) is 4.68 Å². The summed E-state index contributed by atoms with van der Waals surface area (Å²) >= 11 is 0. The molecule has 5 nitrogen and oxygen atoms in total. The van der Waals surface area contributed by atoms with Gasteiger partial charge >= 0.3 is 0 Å². The van der Waals surface area contributed by atoms with Crippen molar-refractivity contribution in [2.75, 3.05) is 18.0 Å².